The molecule has 0 radical (unpaired) electrons. The molecule has 0 aliphatic rings. The number of hydrogen-bond donors (Lipinski definition) is 2. The van der Waals surface area contributed by atoms with E-state index in [-0.39, 0.29) is 11.7 Å². The summed E-state index contributed by atoms with van der Waals surface area (Å²) in [6, 6.07) is 13.4. The Bertz CT molecular complexity index is 766. The van der Waals surface area contributed by atoms with Gasteiger partial charge in [-0.2, -0.15) is 0 Å². The average Bonchev–Trinajstić information content (AvgIpc) is 2.56. The molecule has 0 spiro atoms. The molecule has 25 heavy (non-hydrogen) atoms. The van der Waals surface area contributed by atoms with Crippen LogP contribution < -0.4 is 10.6 Å². The van der Waals surface area contributed by atoms with Crippen LogP contribution in [-0.2, 0) is 4.79 Å². The third-order valence-corrected chi connectivity index (χ3v) is 4.14. The van der Waals surface area contributed by atoms with Crippen molar-refractivity contribution in [3.05, 3.63) is 59.2 Å². The van der Waals surface area contributed by atoms with Crippen molar-refractivity contribution in [2.75, 3.05) is 17.2 Å². The van der Waals surface area contributed by atoms with E-state index >= 15 is 0 Å². The van der Waals surface area contributed by atoms with Gasteiger partial charge in [0, 0.05) is 29.9 Å². The molecule has 0 saturated heterocycles. The van der Waals surface area contributed by atoms with Crippen molar-refractivity contribution in [2.45, 2.75) is 40.0 Å². The number of anilines is 2. The smallest absolute Gasteiger partial charge is 0.226 e. The van der Waals surface area contributed by atoms with E-state index in [0.29, 0.717) is 24.4 Å². The second-order valence-corrected chi connectivity index (χ2v) is 6.56. The molecule has 0 heterocycles. The Morgan fingerprint density at radius 3 is 2.48 bits per heavy atom. The van der Waals surface area contributed by atoms with Crippen molar-refractivity contribution in [3.63, 3.8) is 0 Å². The Morgan fingerprint density at radius 1 is 1.08 bits per heavy atom. The monoisotopic (exact) mass is 338 g/mol. The second kappa shape index (κ2) is 8.47. The van der Waals surface area contributed by atoms with Crippen molar-refractivity contribution in [2.24, 2.45) is 0 Å². The molecule has 0 aliphatic carbocycles. The van der Waals surface area contributed by atoms with Crippen LogP contribution in [-0.4, -0.2) is 18.2 Å². The molecule has 0 unspecified atom stereocenters. The summed E-state index contributed by atoms with van der Waals surface area (Å²) < 4.78 is 0. The van der Waals surface area contributed by atoms with E-state index in [4.69, 9.17) is 0 Å². The van der Waals surface area contributed by atoms with Crippen LogP contribution in [0.4, 0.5) is 11.4 Å². The molecule has 4 nitrogen and oxygen atoms in total. The van der Waals surface area contributed by atoms with Crippen molar-refractivity contribution in [1.29, 1.82) is 0 Å². The maximum atomic E-state index is 12.3. The van der Waals surface area contributed by atoms with E-state index in [1.807, 2.05) is 31.2 Å². The zero-order valence-corrected chi connectivity index (χ0v) is 15.3. The Labute approximate surface area is 149 Å². The van der Waals surface area contributed by atoms with E-state index < -0.39 is 0 Å². The fourth-order valence-electron chi connectivity index (χ4n) is 2.71. The van der Waals surface area contributed by atoms with Gasteiger partial charge in [0.1, 0.15) is 0 Å². The molecular weight excluding hydrogens is 312 g/mol. The van der Waals surface area contributed by atoms with E-state index in [0.717, 1.165) is 22.5 Å². The standard InChI is InChI=1S/C21H26N2O2/c1-14(2)19-10-5-7-15(3)21(19)23-20(25)11-12-22-18-9-6-8-17(13-18)16(4)24/h5-10,13-14,22H,11-12H2,1-4H3,(H,23,25). The van der Waals surface area contributed by atoms with Gasteiger partial charge in [-0.1, -0.05) is 44.2 Å². The summed E-state index contributed by atoms with van der Waals surface area (Å²) in [5.41, 5.74) is 4.65. The van der Waals surface area contributed by atoms with Gasteiger partial charge in [-0.05, 0) is 43.0 Å². The number of ketones is 1. The Morgan fingerprint density at radius 2 is 1.80 bits per heavy atom. The van der Waals surface area contributed by atoms with Crippen molar-refractivity contribution in [3.8, 4) is 0 Å². The van der Waals surface area contributed by atoms with Gasteiger partial charge in [0.05, 0.1) is 0 Å². The van der Waals surface area contributed by atoms with E-state index in [1.54, 1.807) is 19.1 Å². The number of para-hydroxylation sites is 1. The van der Waals surface area contributed by atoms with Gasteiger partial charge in [-0.25, -0.2) is 0 Å². The van der Waals surface area contributed by atoms with E-state index in [9.17, 15) is 9.59 Å². The average molecular weight is 338 g/mol. The lowest BCUT2D eigenvalue weighted by Crippen LogP contribution is -2.18. The zero-order chi connectivity index (χ0) is 18.4. The first-order valence-corrected chi connectivity index (χ1v) is 8.62. The Kier molecular flexibility index (Phi) is 6.34. The van der Waals surface area contributed by atoms with Gasteiger partial charge in [-0.3, -0.25) is 9.59 Å². The highest BCUT2D eigenvalue weighted by atomic mass is 16.1. The Hall–Kier alpha value is -2.62. The van der Waals surface area contributed by atoms with Crippen LogP contribution in [0.2, 0.25) is 0 Å². The number of Topliss-reactive ketones (excluding diaryl/α,β-unsaturated/α-hetero) is 1. The topological polar surface area (TPSA) is 58.2 Å². The SMILES string of the molecule is CC(=O)c1cccc(NCCC(=O)Nc2c(C)cccc2C(C)C)c1. The maximum absolute atomic E-state index is 12.3. The summed E-state index contributed by atoms with van der Waals surface area (Å²) in [7, 11) is 0. The highest BCUT2D eigenvalue weighted by molar-refractivity contribution is 5.95. The van der Waals surface area contributed by atoms with Crippen LogP contribution >= 0.6 is 0 Å². The number of aryl methyl sites for hydroxylation is 1. The molecule has 0 fully saturated rings. The Balaban J connectivity index is 1.94. The maximum Gasteiger partial charge on any atom is 0.226 e. The number of hydrogen-bond acceptors (Lipinski definition) is 3. The summed E-state index contributed by atoms with van der Waals surface area (Å²) in [5.74, 6) is 0.358. The lowest BCUT2D eigenvalue weighted by atomic mass is 9.98. The summed E-state index contributed by atoms with van der Waals surface area (Å²) in [6.45, 7) is 8.30. The quantitative estimate of drug-likeness (QED) is 0.716. The molecular formula is C21H26N2O2. The molecule has 0 aliphatic heterocycles. The molecule has 2 rings (SSSR count). The van der Waals surface area contributed by atoms with Gasteiger partial charge < -0.3 is 10.6 Å². The molecule has 0 atom stereocenters. The molecule has 0 aromatic heterocycles. The molecule has 2 aromatic carbocycles. The first-order valence-electron chi connectivity index (χ1n) is 8.62. The molecule has 0 saturated carbocycles. The molecule has 4 heteroatoms. The molecule has 132 valence electrons. The first kappa shape index (κ1) is 18.7. The number of rotatable bonds is 7. The summed E-state index contributed by atoms with van der Waals surface area (Å²) in [6.07, 6.45) is 0.357. The third-order valence-electron chi connectivity index (χ3n) is 4.14. The number of carbonyl (C=O) groups is 2. The van der Waals surface area contributed by atoms with Crippen LogP contribution in [0.3, 0.4) is 0 Å². The summed E-state index contributed by atoms with van der Waals surface area (Å²) in [4.78, 5) is 23.7. The van der Waals surface area contributed by atoms with E-state index in [2.05, 4.69) is 30.5 Å². The van der Waals surface area contributed by atoms with Crippen LogP contribution in [0.25, 0.3) is 0 Å². The minimum atomic E-state index is -0.0218. The number of carbonyl (C=O) groups excluding carboxylic acids is 2. The number of amides is 1. The molecule has 1 amide bonds. The summed E-state index contributed by atoms with van der Waals surface area (Å²) in [5, 5.41) is 6.24. The number of benzene rings is 2. The minimum absolute atomic E-state index is 0.0218. The minimum Gasteiger partial charge on any atom is -0.385 e. The van der Waals surface area contributed by atoms with Crippen LogP contribution in [0.1, 0.15) is 54.6 Å². The van der Waals surface area contributed by atoms with Crippen LogP contribution in [0, 0.1) is 6.92 Å². The highest BCUT2D eigenvalue weighted by Crippen LogP contribution is 2.27. The van der Waals surface area contributed by atoms with Gasteiger partial charge in [-0.15, -0.1) is 0 Å². The van der Waals surface area contributed by atoms with Crippen molar-refractivity contribution >= 4 is 23.1 Å². The lowest BCUT2D eigenvalue weighted by Gasteiger charge is -2.16. The van der Waals surface area contributed by atoms with Crippen LogP contribution in [0.15, 0.2) is 42.5 Å². The normalized spacial score (nSPS) is 10.6. The van der Waals surface area contributed by atoms with Gasteiger partial charge in [0.25, 0.3) is 0 Å². The summed E-state index contributed by atoms with van der Waals surface area (Å²) >= 11 is 0. The highest BCUT2D eigenvalue weighted by Gasteiger charge is 2.11. The van der Waals surface area contributed by atoms with Crippen LogP contribution in [0.5, 0.6) is 0 Å². The second-order valence-electron chi connectivity index (χ2n) is 6.56. The fraction of sp³-hybridized carbons (Fsp3) is 0.333. The van der Waals surface area contributed by atoms with Gasteiger partial charge >= 0.3 is 0 Å². The zero-order valence-electron chi connectivity index (χ0n) is 15.3. The number of nitrogens with one attached hydrogen (secondary N) is 2. The predicted octanol–water partition coefficient (Wildman–Crippen LogP) is 4.76. The van der Waals surface area contributed by atoms with Gasteiger partial charge in [0.15, 0.2) is 5.78 Å². The fourth-order valence-corrected chi connectivity index (χ4v) is 2.71. The van der Waals surface area contributed by atoms with Crippen molar-refractivity contribution < 1.29 is 9.59 Å². The molecule has 2 N–H and O–H groups in total. The van der Waals surface area contributed by atoms with Gasteiger partial charge in [0.2, 0.25) is 5.91 Å². The van der Waals surface area contributed by atoms with E-state index in [1.165, 1.54) is 0 Å². The first-order chi connectivity index (χ1) is 11.9. The largest absolute Gasteiger partial charge is 0.385 e. The lowest BCUT2D eigenvalue weighted by molar-refractivity contribution is -0.116. The van der Waals surface area contributed by atoms with Crippen molar-refractivity contribution in [1.82, 2.24) is 0 Å². The molecule has 0 bridgehead atoms. The predicted molar refractivity (Wildman–Crippen MR) is 103 cm³/mol. The third kappa shape index (κ3) is 5.18. The molecule has 2 aromatic rings.